The van der Waals surface area contributed by atoms with Crippen LogP contribution in [0.5, 0.6) is 0 Å². The van der Waals surface area contributed by atoms with Gasteiger partial charge in [0.15, 0.2) is 5.96 Å². The summed E-state index contributed by atoms with van der Waals surface area (Å²) in [6.07, 6.45) is 0. The van der Waals surface area contributed by atoms with Crippen molar-refractivity contribution < 1.29 is 5.11 Å². The first kappa shape index (κ1) is 25.4. The van der Waals surface area contributed by atoms with Gasteiger partial charge in [-0.1, -0.05) is 68.4 Å². The van der Waals surface area contributed by atoms with Crippen LogP contribution in [-0.4, -0.2) is 49.3 Å². The Kier molecular flexibility index (Phi) is 12.6. The Morgan fingerprint density at radius 3 is 2.17 bits per heavy atom. The Labute approximate surface area is 192 Å². The standard InChI is InChI=1S/C23H34N4O.HI/c1-4-27(5-2)17-21-14-10-9-13-20(21)15-25-23(24-3)26-16-22(18-28)19-11-7-6-8-12-19;/h6-14,22,28H,4-5,15-18H2,1-3H3,(H2,24,25,26);1H. The van der Waals surface area contributed by atoms with Gasteiger partial charge in [0.2, 0.25) is 0 Å². The molecule has 2 rings (SSSR count). The number of guanidine groups is 1. The molecule has 0 saturated carbocycles. The Morgan fingerprint density at radius 2 is 1.59 bits per heavy atom. The number of nitrogens with zero attached hydrogens (tertiary/aromatic N) is 2. The summed E-state index contributed by atoms with van der Waals surface area (Å²) in [5.41, 5.74) is 3.74. The van der Waals surface area contributed by atoms with Crippen molar-refractivity contribution in [2.24, 2.45) is 4.99 Å². The number of benzene rings is 2. The van der Waals surface area contributed by atoms with Gasteiger partial charge in [-0.2, -0.15) is 0 Å². The zero-order valence-corrected chi connectivity index (χ0v) is 20.1. The van der Waals surface area contributed by atoms with Gasteiger partial charge in [0.25, 0.3) is 0 Å². The molecule has 1 unspecified atom stereocenters. The molecule has 3 N–H and O–H groups in total. The average Bonchev–Trinajstić information content (AvgIpc) is 2.76. The molecule has 0 saturated heterocycles. The maximum Gasteiger partial charge on any atom is 0.191 e. The van der Waals surface area contributed by atoms with Crippen LogP contribution < -0.4 is 10.6 Å². The van der Waals surface area contributed by atoms with Crippen molar-refractivity contribution in [3.63, 3.8) is 0 Å². The Balaban J connectivity index is 0.00000420. The topological polar surface area (TPSA) is 59.9 Å². The normalized spacial score (nSPS) is 12.4. The van der Waals surface area contributed by atoms with Crippen molar-refractivity contribution in [2.45, 2.75) is 32.9 Å². The van der Waals surface area contributed by atoms with Gasteiger partial charge in [-0.05, 0) is 29.8 Å². The molecule has 0 heterocycles. The summed E-state index contributed by atoms with van der Waals surface area (Å²) in [6, 6.07) is 18.6. The number of aliphatic hydroxyl groups excluding tert-OH is 1. The highest BCUT2D eigenvalue weighted by atomic mass is 127. The van der Waals surface area contributed by atoms with E-state index in [1.165, 1.54) is 11.1 Å². The molecule has 0 radical (unpaired) electrons. The van der Waals surface area contributed by atoms with Crippen molar-refractivity contribution >= 4 is 29.9 Å². The fourth-order valence-electron chi connectivity index (χ4n) is 3.20. The highest BCUT2D eigenvalue weighted by Gasteiger charge is 2.11. The van der Waals surface area contributed by atoms with Gasteiger partial charge < -0.3 is 15.7 Å². The van der Waals surface area contributed by atoms with Crippen LogP contribution in [-0.2, 0) is 13.1 Å². The first-order valence-electron chi connectivity index (χ1n) is 10.1. The number of halogens is 1. The number of hydrogen-bond donors (Lipinski definition) is 3. The molecule has 0 amide bonds. The molecule has 0 fully saturated rings. The van der Waals surface area contributed by atoms with Gasteiger partial charge in [-0.15, -0.1) is 24.0 Å². The van der Waals surface area contributed by atoms with Gasteiger partial charge in [0.05, 0.1) is 6.61 Å². The number of rotatable bonds is 10. The largest absolute Gasteiger partial charge is 0.396 e. The highest BCUT2D eigenvalue weighted by Crippen LogP contribution is 2.14. The lowest BCUT2D eigenvalue weighted by Gasteiger charge is -2.21. The van der Waals surface area contributed by atoms with E-state index in [0.29, 0.717) is 13.1 Å². The van der Waals surface area contributed by atoms with Crippen molar-refractivity contribution in [3.05, 3.63) is 71.3 Å². The van der Waals surface area contributed by atoms with Crippen LogP contribution in [0.1, 0.15) is 36.5 Å². The third kappa shape index (κ3) is 8.32. The molecule has 5 nitrogen and oxygen atoms in total. The minimum absolute atomic E-state index is 0. The summed E-state index contributed by atoms with van der Waals surface area (Å²) < 4.78 is 0. The molecule has 0 spiro atoms. The first-order valence-corrected chi connectivity index (χ1v) is 10.1. The van der Waals surface area contributed by atoms with E-state index < -0.39 is 0 Å². The maximum absolute atomic E-state index is 9.74. The van der Waals surface area contributed by atoms with Gasteiger partial charge in [-0.3, -0.25) is 9.89 Å². The van der Waals surface area contributed by atoms with Crippen molar-refractivity contribution in [2.75, 3.05) is 33.3 Å². The molecular formula is C23H35IN4O. The minimum Gasteiger partial charge on any atom is -0.396 e. The molecular weight excluding hydrogens is 475 g/mol. The van der Waals surface area contributed by atoms with Crippen LogP contribution >= 0.6 is 24.0 Å². The second kappa shape index (κ2) is 14.4. The summed E-state index contributed by atoms with van der Waals surface area (Å²) in [5.74, 6) is 0.779. The zero-order valence-electron chi connectivity index (χ0n) is 17.8. The second-order valence-electron chi connectivity index (χ2n) is 6.83. The molecule has 0 aromatic heterocycles. The van der Waals surface area contributed by atoms with Crippen LogP contribution in [0.3, 0.4) is 0 Å². The predicted molar refractivity (Wildman–Crippen MR) is 133 cm³/mol. The van der Waals surface area contributed by atoms with E-state index in [1.54, 1.807) is 7.05 Å². The molecule has 29 heavy (non-hydrogen) atoms. The van der Waals surface area contributed by atoms with E-state index in [4.69, 9.17) is 0 Å². The lowest BCUT2D eigenvalue weighted by molar-refractivity contribution is 0.265. The van der Waals surface area contributed by atoms with Crippen LogP contribution in [0.2, 0.25) is 0 Å². The third-order valence-electron chi connectivity index (χ3n) is 5.08. The predicted octanol–water partition coefficient (Wildman–Crippen LogP) is 3.59. The Morgan fingerprint density at radius 1 is 0.966 bits per heavy atom. The molecule has 6 heteroatoms. The van der Waals surface area contributed by atoms with Crippen molar-refractivity contribution in [3.8, 4) is 0 Å². The van der Waals surface area contributed by atoms with E-state index >= 15 is 0 Å². The van der Waals surface area contributed by atoms with Gasteiger partial charge in [0, 0.05) is 32.6 Å². The smallest absolute Gasteiger partial charge is 0.191 e. The number of aliphatic imine (C=N–C) groups is 1. The maximum atomic E-state index is 9.74. The van der Waals surface area contributed by atoms with E-state index in [2.05, 4.69) is 58.6 Å². The van der Waals surface area contributed by atoms with Crippen molar-refractivity contribution in [1.82, 2.24) is 15.5 Å². The summed E-state index contributed by atoms with van der Waals surface area (Å²) in [5, 5.41) is 16.5. The Bertz CT molecular complexity index is 720. The van der Waals surface area contributed by atoms with E-state index in [-0.39, 0.29) is 36.5 Å². The van der Waals surface area contributed by atoms with E-state index in [1.807, 2.05) is 30.3 Å². The average molecular weight is 510 g/mol. The monoisotopic (exact) mass is 510 g/mol. The third-order valence-corrected chi connectivity index (χ3v) is 5.08. The lowest BCUT2D eigenvalue weighted by atomic mass is 10.0. The van der Waals surface area contributed by atoms with Crippen molar-refractivity contribution in [1.29, 1.82) is 0 Å². The Hall–Kier alpha value is -1.64. The molecule has 0 aliphatic rings. The first-order chi connectivity index (χ1) is 13.7. The summed E-state index contributed by atoms with van der Waals surface area (Å²) in [4.78, 5) is 6.74. The summed E-state index contributed by atoms with van der Waals surface area (Å²) in [7, 11) is 1.77. The fraction of sp³-hybridized carbons (Fsp3) is 0.435. The molecule has 160 valence electrons. The van der Waals surface area contributed by atoms with Gasteiger partial charge in [0.1, 0.15) is 0 Å². The molecule has 0 aliphatic carbocycles. The van der Waals surface area contributed by atoms with E-state index in [0.717, 1.165) is 31.2 Å². The lowest BCUT2D eigenvalue weighted by Crippen LogP contribution is -2.39. The fourth-order valence-corrected chi connectivity index (χ4v) is 3.20. The number of aliphatic hydroxyl groups is 1. The number of hydrogen-bond acceptors (Lipinski definition) is 3. The molecule has 1 atom stereocenters. The molecule has 0 bridgehead atoms. The molecule has 2 aromatic carbocycles. The quantitative estimate of drug-likeness (QED) is 0.260. The summed E-state index contributed by atoms with van der Waals surface area (Å²) >= 11 is 0. The SMILES string of the molecule is CCN(CC)Cc1ccccc1CNC(=NC)NCC(CO)c1ccccc1.I. The highest BCUT2D eigenvalue weighted by molar-refractivity contribution is 14.0. The second-order valence-corrected chi connectivity index (χ2v) is 6.83. The van der Waals surface area contributed by atoms with Crippen LogP contribution in [0, 0.1) is 0 Å². The molecule has 0 aliphatic heterocycles. The van der Waals surface area contributed by atoms with Crippen LogP contribution in [0.4, 0.5) is 0 Å². The van der Waals surface area contributed by atoms with Gasteiger partial charge in [-0.25, -0.2) is 0 Å². The van der Waals surface area contributed by atoms with Crippen LogP contribution in [0.15, 0.2) is 59.6 Å². The van der Waals surface area contributed by atoms with E-state index in [9.17, 15) is 5.11 Å². The van der Waals surface area contributed by atoms with Gasteiger partial charge >= 0.3 is 0 Å². The molecule has 2 aromatic rings. The zero-order chi connectivity index (χ0) is 20.2. The van der Waals surface area contributed by atoms with Crippen LogP contribution in [0.25, 0.3) is 0 Å². The summed E-state index contributed by atoms with van der Waals surface area (Å²) in [6.45, 7) is 8.87. The number of nitrogens with one attached hydrogen (secondary N) is 2. The minimum atomic E-state index is 0.